The molecule has 0 aliphatic rings. The maximum absolute atomic E-state index is 10.4. The predicted octanol–water partition coefficient (Wildman–Crippen LogP) is 4.83. The largest absolute Gasteiger partial charge is 0.508 e. The second-order valence-corrected chi connectivity index (χ2v) is 6.18. The third kappa shape index (κ3) is 7.54. The summed E-state index contributed by atoms with van der Waals surface area (Å²) in [7, 11) is 0. The molecule has 1 rings (SSSR count). The van der Waals surface area contributed by atoms with Crippen LogP contribution in [0.2, 0.25) is 0 Å². The van der Waals surface area contributed by atoms with Gasteiger partial charge in [-0.25, -0.2) is 0 Å². The number of aryl methyl sites for hydroxylation is 1. The number of aliphatic hydroxyl groups is 1. The number of phenolic OH excluding ortho intramolecular Hbond substituents is 1. The van der Waals surface area contributed by atoms with Gasteiger partial charge in [0.15, 0.2) is 0 Å². The van der Waals surface area contributed by atoms with Gasteiger partial charge in [0.2, 0.25) is 0 Å². The molecule has 1 aromatic carbocycles. The zero-order valence-electron chi connectivity index (χ0n) is 13.1. The maximum Gasteiger partial charge on any atom is 0.115 e. The summed E-state index contributed by atoms with van der Waals surface area (Å²) in [5.41, 5.74) is 0.605. The van der Waals surface area contributed by atoms with E-state index in [-0.39, 0.29) is 0 Å². The number of hydrogen-bond donors (Lipinski definition) is 2. The highest BCUT2D eigenvalue weighted by atomic mass is 16.3. The first kappa shape index (κ1) is 17.0. The molecule has 0 spiro atoms. The summed E-state index contributed by atoms with van der Waals surface area (Å²) in [6.45, 7) is 4.17. The van der Waals surface area contributed by atoms with Crippen molar-refractivity contribution in [1.29, 1.82) is 0 Å². The molecule has 114 valence electrons. The number of benzene rings is 1. The number of phenols is 1. The first-order chi connectivity index (χ1) is 9.53. The van der Waals surface area contributed by atoms with Gasteiger partial charge < -0.3 is 10.2 Å². The number of aromatic hydroxyl groups is 1. The second kappa shape index (κ2) is 9.02. The van der Waals surface area contributed by atoms with Gasteiger partial charge in [-0.15, -0.1) is 0 Å². The molecule has 0 saturated heterocycles. The van der Waals surface area contributed by atoms with Crippen LogP contribution in [0.15, 0.2) is 24.3 Å². The Balaban J connectivity index is 2.18. The average molecular weight is 278 g/mol. The topological polar surface area (TPSA) is 40.5 Å². The highest BCUT2D eigenvalue weighted by Crippen LogP contribution is 2.22. The van der Waals surface area contributed by atoms with E-state index in [0.717, 1.165) is 25.7 Å². The molecule has 0 aliphatic heterocycles. The molecule has 0 aromatic heterocycles. The van der Waals surface area contributed by atoms with E-state index in [1.54, 1.807) is 12.1 Å². The van der Waals surface area contributed by atoms with Crippen LogP contribution in [-0.2, 0) is 6.42 Å². The fraction of sp³-hybridized carbons (Fsp3) is 0.667. The SMILES string of the molecule is CCCCCCCCC(C)(O)CCc1ccc(O)cc1. The van der Waals surface area contributed by atoms with Crippen molar-refractivity contribution in [3.8, 4) is 5.75 Å². The molecule has 0 fully saturated rings. The molecule has 0 bridgehead atoms. The molecule has 0 heterocycles. The summed E-state index contributed by atoms with van der Waals surface area (Å²) >= 11 is 0. The van der Waals surface area contributed by atoms with Crippen molar-refractivity contribution >= 4 is 0 Å². The Morgan fingerprint density at radius 3 is 2.15 bits per heavy atom. The van der Waals surface area contributed by atoms with Crippen molar-refractivity contribution < 1.29 is 10.2 Å². The standard InChI is InChI=1S/C18H30O2/c1-3-4-5-6-7-8-14-18(2,20)15-13-16-9-11-17(19)12-10-16/h9-12,19-20H,3-8,13-15H2,1-2H3. The molecule has 0 aliphatic carbocycles. The predicted molar refractivity (Wildman–Crippen MR) is 85.0 cm³/mol. The highest BCUT2D eigenvalue weighted by Gasteiger charge is 2.19. The Morgan fingerprint density at radius 2 is 1.50 bits per heavy atom. The fourth-order valence-electron chi connectivity index (χ4n) is 2.49. The van der Waals surface area contributed by atoms with Gasteiger partial charge in [-0.3, -0.25) is 0 Å². The lowest BCUT2D eigenvalue weighted by Crippen LogP contribution is -2.24. The van der Waals surface area contributed by atoms with Gasteiger partial charge in [-0.1, -0.05) is 57.6 Å². The van der Waals surface area contributed by atoms with E-state index < -0.39 is 5.60 Å². The van der Waals surface area contributed by atoms with E-state index in [2.05, 4.69) is 6.92 Å². The molecule has 0 radical (unpaired) electrons. The van der Waals surface area contributed by atoms with Gasteiger partial charge in [0.05, 0.1) is 5.60 Å². The minimum Gasteiger partial charge on any atom is -0.508 e. The van der Waals surface area contributed by atoms with Crippen LogP contribution in [0, 0.1) is 0 Å². The third-order valence-corrected chi connectivity index (χ3v) is 3.96. The first-order valence-corrected chi connectivity index (χ1v) is 8.04. The molecule has 1 unspecified atom stereocenters. The summed E-state index contributed by atoms with van der Waals surface area (Å²) in [5.74, 6) is 0.299. The van der Waals surface area contributed by atoms with Crippen molar-refractivity contribution in [3.05, 3.63) is 29.8 Å². The Kier molecular flexibility index (Phi) is 7.68. The van der Waals surface area contributed by atoms with E-state index in [1.165, 1.54) is 37.7 Å². The molecule has 0 saturated carbocycles. The van der Waals surface area contributed by atoms with Crippen molar-refractivity contribution in [2.45, 2.75) is 77.2 Å². The average Bonchev–Trinajstić information content (AvgIpc) is 2.42. The van der Waals surface area contributed by atoms with Gasteiger partial charge in [0, 0.05) is 0 Å². The zero-order valence-corrected chi connectivity index (χ0v) is 13.1. The van der Waals surface area contributed by atoms with Crippen molar-refractivity contribution in [2.75, 3.05) is 0 Å². The molecule has 1 atom stereocenters. The Bertz CT molecular complexity index is 354. The molecular weight excluding hydrogens is 248 g/mol. The summed E-state index contributed by atoms with van der Waals surface area (Å²) < 4.78 is 0. The Morgan fingerprint density at radius 1 is 0.900 bits per heavy atom. The van der Waals surface area contributed by atoms with Crippen LogP contribution >= 0.6 is 0 Å². The van der Waals surface area contributed by atoms with Gasteiger partial charge >= 0.3 is 0 Å². The van der Waals surface area contributed by atoms with E-state index >= 15 is 0 Å². The van der Waals surface area contributed by atoms with Crippen molar-refractivity contribution in [3.63, 3.8) is 0 Å². The smallest absolute Gasteiger partial charge is 0.115 e. The van der Waals surface area contributed by atoms with Crippen LogP contribution in [0.3, 0.4) is 0 Å². The van der Waals surface area contributed by atoms with E-state index in [1.807, 2.05) is 19.1 Å². The second-order valence-electron chi connectivity index (χ2n) is 6.18. The van der Waals surface area contributed by atoms with E-state index in [4.69, 9.17) is 0 Å². The van der Waals surface area contributed by atoms with Crippen LogP contribution in [0.1, 0.15) is 70.8 Å². The lowest BCUT2D eigenvalue weighted by molar-refractivity contribution is 0.0396. The van der Waals surface area contributed by atoms with Gasteiger partial charge in [-0.05, 0) is 43.9 Å². The van der Waals surface area contributed by atoms with Crippen LogP contribution in [0.5, 0.6) is 5.75 Å². The molecule has 2 N–H and O–H groups in total. The number of unbranched alkanes of at least 4 members (excludes halogenated alkanes) is 5. The maximum atomic E-state index is 10.4. The van der Waals surface area contributed by atoms with Crippen molar-refractivity contribution in [1.82, 2.24) is 0 Å². The molecule has 2 nitrogen and oxygen atoms in total. The summed E-state index contributed by atoms with van der Waals surface area (Å²) in [4.78, 5) is 0. The zero-order chi connectivity index (χ0) is 14.8. The van der Waals surface area contributed by atoms with E-state index in [9.17, 15) is 10.2 Å². The molecule has 2 heteroatoms. The molecule has 0 amide bonds. The molecule has 1 aromatic rings. The Hall–Kier alpha value is -1.02. The van der Waals surface area contributed by atoms with Gasteiger partial charge in [0.1, 0.15) is 5.75 Å². The first-order valence-electron chi connectivity index (χ1n) is 8.04. The molecular formula is C18H30O2. The monoisotopic (exact) mass is 278 g/mol. The summed E-state index contributed by atoms with van der Waals surface area (Å²) in [6, 6.07) is 7.27. The lowest BCUT2D eigenvalue weighted by Gasteiger charge is -2.23. The quantitative estimate of drug-likeness (QED) is 0.602. The Labute approximate surface area is 123 Å². The minimum atomic E-state index is -0.567. The van der Waals surface area contributed by atoms with Gasteiger partial charge in [0.25, 0.3) is 0 Å². The minimum absolute atomic E-state index is 0.299. The van der Waals surface area contributed by atoms with Crippen molar-refractivity contribution in [2.24, 2.45) is 0 Å². The van der Waals surface area contributed by atoms with Crippen LogP contribution in [-0.4, -0.2) is 15.8 Å². The van der Waals surface area contributed by atoms with Crippen LogP contribution in [0.25, 0.3) is 0 Å². The highest BCUT2D eigenvalue weighted by molar-refractivity contribution is 5.26. The van der Waals surface area contributed by atoms with Crippen LogP contribution in [0.4, 0.5) is 0 Å². The van der Waals surface area contributed by atoms with E-state index in [0.29, 0.717) is 5.75 Å². The summed E-state index contributed by atoms with van der Waals surface area (Å²) in [5, 5.41) is 19.6. The molecule has 20 heavy (non-hydrogen) atoms. The number of rotatable bonds is 10. The third-order valence-electron chi connectivity index (χ3n) is 3.96. The summed E-state index contributed by atoms with van der Waals surface area (Å²) in [6.07, 6.45) is 10.1. The normalized spacial score (nSPS) is 14.2. The van der Waals surface area contributed by atoms with Crippen LogP contribution < -0.4 is 0 Å². The fourth-order valence-corrected chi connectivity index (χ4v) is 2.49. The number of hydrogen-bond acceptors (Lipinski definition) is 2. The van der Waals surface area contributed by atoms with Gasteiger partial charge in [-0.2, -0.15) is 0 Å². The lowest BCUT2D eigenvalue weighted by atomic mass is 9.91.